The monoisotopic (exact) mass is 379 g/mol. The Bertz CT molecular complexity index is 1120. The van der Waals surface area contributed by atoms with E-state index < -0.39 is 0 Å². The molecule has 1 aromatic carbocycles. The lowest BCUT2D eigenvalue weighted by atomic mass is 9.99. The Labute approximate surface area is 159 Å². The van der Waals surface area contributed by atoms with Crippen molar-refractivity contribution in [3.63, 3.8) is 0 Å². The van der Waals surface area contributed by atoms with Gasteiger partial charge in [0.25, 0.3) is 5.91 Å². The van der Waals surface area contributed by atoms with Crippen LogP contribution >= 0.6 is 11.3 Å². The maximum absolute atomic E-state index is 12.9. The van der Waals surface area contributed by atoms with Gasteiger partial charge in [0.15, 0.2) is 0 Å². The molecule has 0 radical (unpaired) electrons. The molecule has 0 aliphatic rings. The van der Waals surface area contributed by atoms with Gasteiger partial charge in [-0.05, 0) is 26.0 Å². The van der Waals surface area contributed by atoms with Crippen LogP contribution in [-0.2, 0) is 0 Å². The quantitative estimate of drug-likeness (QED) is 0.584. The van der Waals surface area contributed by atoms with E-state index in [1.807, 2.05) is 50.4 Å². The van der Waals surface area contributed by atoms with Gasteiger partial charge in [0, 0.05) is 23.0 Å². The number of aromatic nitrogens is 4. The zero-order valence-corrected chi connectivity index (χ0v) is 15.9. The van der Waals surface area contributed by atoms with Crippen molar-refractivity contribution in [3.8, 4) is 16.9 Å². The van der Waals surface area contributed by atoms with Crippen LogP contribution in [0.2, 0.25) is 0 Å². The molecule has 1 amide bonds. The number of methoxy groups -OCH3 is 1. The van der Waals surface area contributed by atoms with E-state index >= 15 is 0 Å². The lowest BCUT2D eigenvalue weighted by Gasteiger charge is -2.13. The van der Waals surface area contributed by atoms with Gasteiger partial charge in [-0.3, -0.25) is 15.1 Å². The van der Waals surface area contributed by atoms with E-state index in [0.717, 1.165) is 27.5 Å². The van der Waals surface area contributed by atoms with Gasteiger partial charge < -0.3 is 4.74 Å². The molecule has 0 saturated carbocycles. The van der Waals surface area contributed by atoms with E-state index in [1.165, 1.54) is 11.3 Å². The number of carbonyl (C=O) groups is 1. The number of ether oxygens (including phenoxy) is 1. The Morgan fingerprint density at radius 2 is 2.00 bits per heavy atom. The minimum atomic E-state index is -0.280. The molecule has 0 unspecified atom stereocenters. The average molecular weight is 379 g/mol. The summed E-state index contributed by atoms with van der Waals surface area (Å²) in [5.74, 6) is 0.414. The standard InChI is InChI=1S/C19H17N5O2S/c1-11-8-14(13-6-4-5-7-16(13)26-3)15(9-20-11)17(25)22-18-23-24-10-12(2)21-19(24)27-18/h4-10H,1-3H3,(H,22,23,25). The van der Waals surface area contributed by atoms with Crippen molar-refractivity contribution in [3.05, 3.63) is 59.7 Å². The summed E-state index contributed by atoms with van der Waals surface area (Å²) in [6, 6.07) is 9.47. The number of rotatable bonds is 4. The van der Waals surface area contributed by atoms with E-state index in [-0.39, 0.29) is 5.91 Å². The zero-order valence-electron chi connectivity index (χ0n) is 15.1. The van der Waals surface area contributed by atoms with Gasteiger partial charge >= 0.3 is 0 Å². The number of para-hydroxylation sites is 1. The number of nitrogens with zero attached hydrogens (tertiary/aromatic N) is 4. The number of carbonyl (C=O) groups excluding carboxylic acids is 1. The second-order valence-electron chi connectivity index (χ2n) is 6.04. The van der Waals surface area contributed by atoms with Gasteiger partial charge in [-0.15, -0.1) is 5.10 Å². The predicted molar refractivity (Wildman–Crippen MR) is 105 cm³/mol. The van der Waals surface area contributed by atoms with E-state index in [9.17, 15) is 4.79 Å². The van der Waals surface area contributed by atoms with Crippen LogP contribution in [0.4, 0.5) is 5.13 Å². The van der Waals surface area contributed by atoms with Gasteiger partial charge in [-0.2, -0.15) is 0 Å². The summed E-state index contributed by atoms with van der Waals surface area (Å²) in [5.41, 5.74) is 3.74. The van der Waals surface area contributed by atoms with Gasteiger partial charge in [0.1, 0.15) is 5.75 Å². The largest absolute Gasteiger partial charge is 0.496 e. The highest BCUT2D eigenvalue weighted by atomic mass is 32.1. The molecule has 0 fully saturated rings. The molecule has 0 atom stereocenters. The molecular formula is C19H17N5O2S. The zero-order chi connectivity index (χ0) is 19.0. The lowest BCUT2D eigenvalue weighted by Crippen LogP contribution is -2.14. The van der Waals surface area contributed by atoms with Crippen molar-refractivity contribution < 1.29 is 9.53 Å². The maximum atomic E-state index is 12.9. The molecule has 3 heterocycles. The van der Waals surface area contributed by atoms with Gasteiger partial charge in [0.05, 0.1) is 24.6 Å². The van der Waals surface area contributed by atoms with Crippen LogP contribution in [0.5, 0.6) is 5.75 Å². The maximum Gasteiger partial charge on any atom is 0.259 e. The first-order valence-electron chi connectivity index (χ1n) is 8.29. The molecule has 3 aromatic heterocycles. The molecule has 7 nitrogen and oxygen atoms in total. The number of nitrogens with one attached hydrogen (secondary N) is 1. The molecule has 4 rings (SSSR count). The van der Waals surface area contributed by atoms with Crippen LogP contribution in [0.15, 0.2) is 42.7 Å². The Morgan fingerprint density at radius 3 is 2.78 bits per heavy atom. The van der Waals surface area contributed by atoms with Crippen molar-refractivity contribution in [2.24, 2.45) is 0 Å². The van der Waals surface area contributed by atoms with Crippen LogP contribution in [0, 0.1) is 13.8 Å². The molecule has 0 bridgehead atoms. The number of hydrogen-bond donors (Lipinski definition) is 1. The smallest absolute Gasteiger partial charge is 0.259 e. The highest BCUT2D eigenvalue weighted by Gasteiger charge is 2.18. The Kier molecular flexibility index (Phi) is 4.33. The van der Waals surface area contributed by atoms with Crippen molar-refractivity contribution in [1.29, 1.82) is 0 Å². The van der Waals surface area contributed by atoms with Crippen LogP contribution in [0.3, 0.4) is 0 Å². The molecule has 0 aliphatic carbocycles. The normalized spacial score (nSPS) is 10.9. The first kappa shape index (κ1) is 17.2. The molecule has 0 aliphatic heterocycles. The third-order valence-electron chi connectivity index (χ3n) is 4.07. The van der Waals surface area contributed by atoms with Crippen molar-refractivity contribution in [2.45, 2.75) is 13.8 Å². The van der Waals surface area contributed by atoms with E-state index in [1.54, 1.807) is 17.8 Å². The van der Waals surface area contributed by atoms with Gasteiger partial charge in [-0.25, -0.2) is 9.50 Å². The van der Waals surface area contributed by atoms with Crippen LogP contribution in [-0.4, -0.2) is 32.6 Å². The summed E-state index contributed by atoms with van der Waals surface area (Å²) < 4.78 is 7.12. The van der Waals surface area contributed by atoms with E-state index in [2.05, 4.69) is 20.4 Å². The minimum Gasteiger partial charge on any atom is -0.496 e. The van der Waals surface area contributed by atoms with E-state index in [0.29, 0.717) is 16.4 Å². The molecule has 27 heavy (non-hydrogen) atoms. The van der Waals surface area contributed by atoms with Gasteiger partial charge in [0.2, 0.25) is 10.1 Å². The summed E-state index contributed by atoms with van der Waals surface area (Å²) in [5, 5.41) is 7.68. The molecule has 4 aromatic rings. The van der Waals surface area contributed by atoms with Crippen molar-refractivity contribution in [1.82, 2.24) is 19.6 Å². The van der Waals surface area contributed by atoms with Crippen LogP contribution in [0.25, 0.3) is 16.1 Å². The summed E-state index contributed by atoms with van der Waals surface area (Å²) in [4.78, 5) is 22.3. The second-order valence-corrected chi connectivity index (χ2v) is 7.00. The number of pyridine rings is 1. The number of anilines is 1. The summed E-state index contributed by atoms with van der Waals surface area (Å²) in [6.45, 7) is 3.79. The van der Waals surface area contributed by atoms with Crippen molar-refractivity contribution in [2.75, 3.05) is 12.4 Å². The fourth-order valence-electron chi connectivity index (χ4n) is 2.85. The fourth-order valence-corrected chi connectivity index (χ4v) is 3.68. The Balaban J connectivity index is 1.72. The summed E-state index contributed by atoms with van der Waals surface area (Å²) in [6.07, 6.45) is 3.39. The number of hydrogen-bond acceptors (Lipinski definition) is 6. The molecule has 8 heteroatoms. The second kappa shape index (κ2) is 6.81. The lowest BCUT2D eigenvalue weighted by molar-refractivity contribution is 0.102. The number of imidazole rings is 1. The van der Waals surface area contributed by atoms with Crippen molar-refractivity contribution >= 4 is 27.3 Å². The van der Waals surface area contributed by atoms with E-state index in [4.69, 9.17) is 4.74 Å². The molecule has 0 spiro atoms. The predicted octanol–water partition coefficient (Wildman–Crippen LogP) is 3.73. The SMILES string of the molecule is COc1ccccc1-c1cc(C)ncc1C(=O)Nc1nn2cc(C)nc2s1. The minimum absolute atomic E-state index is 0.280. The highest BCUT2D eigenvalue weighted by Crippen LogP contribution is 2.33. The summed E-state index contributed by atoms with van der Waals surface area (Å²) in [7, 11) is 1.61. The van der Waals surface area contributed by atoms with Gasteiger partial charge in [-0.1, -0.05) is 29.5 Å². The fraction of sp³-hybridized carbons (Fsp3) is 0.158. The van der Waals surface area contributed by atoms with Crippen LogP contribution < -0.4 is 10.1 Å². The Hall–Kier alpha value is -3.26. The third kappa shape index (κ3) is 3.26. The highest BCUT2D eigenvalue weighted by molar-refractivity contribution is 7.20. The topological polar surface area (TPSA) is 81.4 Å². The molecule has 0 saturated heterocycles. The average Bonchev–Trinajstić information content (AvgIpc) is 3.17. The Morgan fingerprint density at radius 1 is 1.19 bits per heavy atom. The van der Waals surface area contributed by atoms with Crippen LogP contribution in [0.1, 0.15) is 21.7 Å². The third-order valence-corrected chi connectivity index (χ3v) is 4.90. The number of fused-ring (bicyclic) bond motifs is 1. The molecule has 136 valence electrons. The number of aryl methyl sites for hydroxylation is 2. The number of amides is 1. The molecule has 1 N–H and O–H groups in total. The first-order chi connectivity index (χ1) is 13.0. The molecular weight excluding hydrogens is 362 g/mol. The number of benzene rings is 1. The first-order valence-corrected chi connectivity index (χ1v) is 9.11. The summed E-state index contributed by atoms with van der Waals surface area (Å²) >= 11 is 1.32.